The minimum atomic E-state index is -0.293. The second kappa shape index (κ2) is 5.66. The summed E-state index contributed by atoms with van der Waals surface area (Å²) >= 11 is 0. The van der Waals surface area contributed by atoms with E-state index in [-0.39, 0.29) is 24.7 Å². The summed E-state index contributed by atoms with van der Waals surface area (Å²) in [6.07, 6.45) is -0.206. The molecule has 1 aromatic rings. The second-order valence-corrected chi connectivity index (χ2v) is 5.76. The quantitative estimate of drug-likeness (QED) is 0.895. The van der Waals surface area contributed by atoms with E-state index in [4.69, 9.17) is 9.47 Å². The van der Waals surface area contributed by atoms with Crippen molar-refractivity contribution in [1.29, 1.82) is 0 Å². The van der Waals surface area contributed by atoms with Gasteiger partial charge >= 0.3 is 0 Å². The number of rotatable bonds is 2. The van der Waals surface area contributed by atoms with Crippen molar-refractivity contribution in [2.24, 2.45) is 0 Å². The Hall–Kier alpha value is -1.59. The SMILES string of the molecule is CC1Oc2c(C(=O)N3CCOC(CO)C3)cccc2C1C. The maximum absolute atomic E-state index is 12.7. The smallest absolute Gasteiger partial charge is 0.257 e. The zero-order chi connectivity index (χ0) is 15.0. The molecule has 0 aliphatic carbocycles. The van der Waals surface area contributed by atoms with Crippen LogP contribution in [0.5, 0.6) is 5.75 Å². The highest BCUT2D eigenvalue weighted by Gasteiger charge is 2.33. The fraction of sp³-hybridized carbons (Fsp3) is 0.562. The van der Waals surface area contributed by atoms with Gasteiger partial charge in [0.1, 0.15) is 11.9 Å². The third kappa shape index (κ3) is 2.51. The summed E-state index contributed by atoms with van der Waals surface area (Å²) in [5.74, 6) is 0.965. The topological polar surface area (TPSA) is 59.0 Å². The first-order chi connectivity index (χ1) is 10.1. The number of carbonyl (C=O) groups is 1. The van der Waals surface area contributed by atoms with Crippen molar-refractivity contribution in [2.75, 3.05) is 26.3 Å². The molecule has 5 nitrogen and oxygen atoms in total. The van der Waals surface area contributed by atoms with E-state index < -0.39 is 0 Å². The van der Waals surface area contributed by atoms with Crippen LogP contribution in [0.2, 0.25) is 0 Å². The largest absolute Gasteiger partial charge is 0.489 e. The van der Waals surface area contributed by atoms with E-state index in [1.165, 1.54) is 0 Å². The summed E-state index contributed by atoms with van der Waals surface area (Å²) in [6, 6.07) is 5.75. The van der Waals surface area contributed by atoms with Crippen molar-refractivity contribution in [3.8, 4) is 5.75 Å². The minimum Gasteiger partial charge on any atom is -0.489 e. The van der Waals surface area contributed by atoms with Crippen LogP contribution in [0.4, 0.5) is 0 Å². The fourth-order valence-electron chi connectivity index (χ4n) is 2.94. The van der Waals surface area contributed by atoms with Crippen LogP contribution >= 0.6 is 0 Å². The number of aliphatic hydroxyl groups excluding tert-OH is 1. The molecule has 1 saturated heterocycles. The van der Waals surface area contributed by atoms with Gasteiger partial charge in [0.2, 0.25) is 0 Å². The van der Waals surface area contributed by atoms with Gasteiger partial charge in [-0.25, -0.2) is 0 Å². The average molecular weight is 291 g/mol. The van der Waals surface area contributed by atoms with Crippen LogP contribution in [0, 0.1) is 0 Å². The molecule has 5 heteroatoms. The van der Waals surface area contributed by atoms with E-state index in [1.807, 2.05) is 25.1 Å². The van der Waals surface area contributed by atoms with E-state index in [1.54, 1.807) is 4.90 Å². The number of morpholine rings is 1. The molecule has 3 unspecified atom stereocenters. The summed E-state index contributed by atoms with van der Waals surface area (Å²) in [5.41, 5.74) is 1.71. The van der Waals surface area contributed by atoms with Crippen LogP contribution in [0.1, 0.15) is 35.7 Å². The van der Waals surface area contributed by atoms with E-state index >= 15 is 0 Å². The van der Waals surface area contributed by atoms with Crippen LogP contribution < -0.4 is 4.74 Å². The fourth-order valence-corrected chi connectivity index (χ4v) is 2.94. The second-order valence-electron chi connectivity index (χ2n) is 5.76. The molecular formula is C16H21NO4. The van der Waals surface area contributed by atoms with Crippen LogP contribution in [0.15, 0.2) is 18.2 Å². The molecule has 3 atom stereocenters. The Morgan fingerprint density at radius 3 is 3.00 bits per heavy atom. The van der Waals surface area contributed by atoms with Gasteiger partial charge in [0.05, 0.1) is 24.9 Å². The normalized spacial score (nSPS) is 28.1. The number of hydrogen-bond acceptors (Lipinski definition) is 4. The summed E-state index contributed by atoms with van der Waals surface area (Å²) in [4.78, 5) is 14.5. The van der Waals surface area contributed by atoms with Crippen LogP contribution in [0.25, 0.3) is 0 Å². The summed E-state index contributed by atoms with van der Waals surface area (Å²) in [7, 11) is 0. The molecule has 3 rings (SSSR count). The van der Waals surface area contributed by atoms with Gasteiger partial charge in [-0.1, -0.05) is 19.1 Å². The third-order valence-corrected chi connectivity index (χ3v) is 4.40. The zero-order valence-corrected chi connectivity index (χ0v) is 12.4. The lowest BCUT2D eigenvalue weighted by atomic mass is 9.96. The first-order valence-corrected chi connectivity index (χ1v) is 7.43. The highest BCUT2D eigenvalue weighted by atomic mass is 16.5. The van der Waals surface area contributed by atoms with E-state index in [0.29, 0.717) is 31.2 Å². The van der Waals surface area contributed by atoms with Crippen molar-refractivity contribution in [2.45, 2.75) is 32.0 Å². The molecule has 0 bridgehead atoms. The zero-order valence-electron chi connectivity index (χ0n) is 12.4. The van der Waals surface area contributed by atoms with Crippen LogP contribution in [-0.2, 0) is 4.74 Å². The highest BCUT2D eigenvalue weighted by molar-refractivity contribution is 5.97. The molecule has 2 aliphatic rings. The number of fused-ring (bicyclic) bond motifs is 1. The van der Waals surface area contributed by atoms with Crippen molar-refractivity contribution in [3.05, 3.63) is 29.3 Å². The van der Waals surface area contributed by atoms with Gasteiger partial charge in [0, 0.05) is 24.6 Å². The molecule has 21 heavy (non-hydrogen) atoms. The van der Waals surface area contributed by atoms with E-state index in [9.17, 15) is 9.90 Å². The number of para-hydroxylation sites is 1. The van der Waals surface area contributed by atoms with Gasteiger partial charge in [0.15, 0.2) is 0 Å². The van der Waals surface area contributed by atoms with Gasteiger partial charge in [-0.2, -0.15) is 0 Å². The molecule has 0 aromatic heterocycles. The lowest BCUT2D eigenvalue weighted by molar-refractivity contribution is -0.0448. The molecule has 1 fully saturated rings. The molecule has 114 valence electrons. The number of ether oxygens (including phenoxy) is 2. The Kier molecular flexibility index (Phi) is 3.87. The molecule has 2 heterocycles. The molecule has 0 radical (unpaired) electrons. The van der Waals surface area contributed by atoms with Crippen LogP contribution in [0.3, 0.4) is 0 Å². The predicted octanol–water partition coefficient (Wildman–Crippen LogP) is 1.40. The molecule has 1 N–H and O–H groups in total. The molecule has 2 aliphatic heterocycles. The first kappa shape index (κ1) is 14.4. The average Bonchev–Trinajstić information content (AvgIpc) is 2.82. The number of amides is 1. The highest BCUT2D eigenvalue weighted by Crippen LogP contribution is 2.40. The monoisotopic (exact) mass is 291 g/mol. The van der Waals surface area contributed by atoms with Crippen LogP contribution in [-0.4, -0.2) is 54.4 Å². The van der Waals surface area contributed by atoms with Gasteiger partial charge in [-0.3, -0.25) is 4.79 Å². The first-order valence-electron chi connectivity index (χ1n) is 7.43. The van der Waals surface area contributed by atoms with Gasteiger partial charge in [-0.05, 0) is 13.0 Å². The third-order valence-electron chi connectivity index (χ3n) is 4.40. The molecular weight excluding hydrogens is 270 g/mol. The number of benzene rings is 1. The van der Waals surface area contributed by atoms with Gasteiger partial charge in [0.25, 0.3) is 5.91 Å². The Morgan fingerprint density at radius 1 is 1.43 bits per heavy atom. The maximum Gasteiger partial charge on any atom is 0.257 e. The molecule has 0 spiro atoms. The van der Waals surface area contributed by atoms with Gasteiger partial charge in [-0.15, -0.1) is 0 Å². The number of hydrogen-bond donors (Lipinski definition) is 1. The predicted molar refractivity (Wildman–Crippen MR) is 77.7 cm³/mol. The minimum absolute atomic E-state index is 0.0464. The Balaban J connectivity index is 1.86. The van der Waals surface area contributed by atoms with Crippen molar-refractivity contribution in [3.63, 3.8) is 0 Å². The van der Waals surface area contributed by atoms with Crippen molar-refractivity contribution < 1.29 is 19.4 Å². The number of aliphatic hydroxyl groups is 1. The van der Waals surface area contributed by atoms with Crippen molar-refractivity contribution >= 4 is 5.91 Å². The molecule has 0 saturated carbocycles. The summed E-state index contributed by atoms with van der Waals surface area (Å²) < 4.78 is 11.3. The lowest BCUT2D eigenvalue weighted by Gasteiger charge is -2.32. The van der Waals surface area contributed by atoms with Gasteiger partial charge < -0.3 is 19.5 Å². The van der Waals surface area contributed by atoms with E-state index in [0.717, 1.165) is 11.3 Å². The Labute approximate surface area is 124 Å². The Bertz CT molecular complexity index is 545. The maximum atomic E-state index is 12.7. The lowest BCUT2D eigenvalue weighted by Crippen LogP contribution is -2.47. The summed E-state index contributed by atoms with van der Waals surface area (Å²) in [6.45, 7) is 5.49. The molecule has 1 amide bonds. The summed E-state index contributed by atoms with van der Waals surface area (Å²) in [5, 5.41) is 9.20. The number of carbonyl (C=O) groups excluding carboxylic acids is 1. The molecule has 1 aromatic carbocycles. The standard InChI is InChI=1S/C16H21NO4/c1-10-11(2)21-15-13(10)4-3-5-14(15)16(19)17-6-7-20-12(8-17)9-18/h3-5,10-12,18H,6-9H2,1-2H3. The van der Waals surface area contributed by atoms with Crippen molar-refractivity contribution in [1.82, 2.24) is 4.90 Å². The number of nitrogens with zero attached hydrogens (tertiary/aromatic N) is 1. The van der Waals surface area contributed by atoms with E-state index in [2.05, 4.69) is 6.92 Å². The Morgan fingerprint density at radius 2 is 2.24 bits per heavy atom.